The van der Waals surface area contributed by atoms with Crippen LogP contribution in [0.3, 0.4) is 0 Å². The maximum absolute atomic E-state index is 11.5. The second kappa shape index (κ2) is 7.27. The second-order valence-electron chi connectivity index (χ2n) is 4.36. The highest BCUT2D eigenvalue weighted by Gasteiger charge is 2.09. The van der Waals surface area contributed by atoms with Gasteiger partial charge in [-0.3, -0.25) is 19.4 Å². The van der Waals surface area contributed by atoms with E-state index >= 15 is 0 Å². The molecule has 0 aliphatic heterocycles. The highest BCUT2D eigenvalue weighted by atomic mass is 16.4. The van der Waals surface area contributed by atoms with Gasteiger partial charge in [-0.25, -0.2) is 4.79 Å². The monoisotopic (exact) mass is 283 g/mol. The van der Waals surface area contributed by atoms with Crippen LogP contribution in [0.4, 0.5) is 0 Å². The van der Waals surface area contributed by atoms with Gasteiger partial charge in [0.25, 0.3) is 5.56 Å². The van der Waals surface area contributed by atoms with Gasteiger partial charge in [-0.05, 0) is 19.8 Å². The molecule has 0 unspecified atom stereocenters. The van der Waals surface area contributed by atoms with E-state index in [0.29, 0.717) is 17.7 Å². The fourth-order valence-corrected chi connectivity index (χ4v) is 1.72. The zero-order chi connectivity index (χ0) is 15.1. The van der Waals surface area contributed by atoms with E-state index in [0.717, 1.165) is 0 Å². The van der Waals surface area contributed by atoms with Gasteiger partial charge < -0.3 is 15.4 Å². The Morgan fingerprint density at radius 3 is 2.50 bits per heavy atom. The van der Waals surface area contributed by atoms with Crippen molar-refractivity contribution >= 4 is 11.9 Å². The number of aliphatic carboxylic acids is 1. The Balaban J connectivity index is 2.44. The van der Waals surface area contributed by atoms with Gasteiger partial charge in [0.1, 0.15) is 0 Å². The standard InChI is InChI=1S/C12H17N3O5/c1-7-8(11(19)15-12(20)14-7)4-5-9(16)13-6-2-3-10(17)18/h2-6H2,1H3,(H,13,16)(H,17,18)(H2,14,15,19,20). The predicted octanol–water partition coefficient (Wildman–Crippen LogP) is -0.715. The molecule has 0 fully saturated rings. The molecule has 1 rings (SSSR count). The van der Waals surface area contributed by atoms with Gasteiger partial charge in [-0.1, -0.05) is 0 Å². The number of hydrogen-bond acceptors (Lipinski definition) is 4. The molecule has 0 aliphatic carbocycles. The van der Waals surface area contributed by atoms with Crippen LogP contribution in [0.1, 0.15) is 30.5 Å². The minimum atomic E-state index is -0.908. The molecule has 8 nitrogen and oxygen atoms in total. The van der Waals surface area contributed by atoms with Crippen molar-refractivity contribution in [2.75, 3.05) is 6.54 Å². The molecule has 20 heavy (non-hydrogen) atoms. The third-order valence-corrected chi connectivity index (χ3v) is 2.75. The van der Waals surface area contributed by atoms with E-state index in [9.17, 15) is 19.2 Å². The highest BCUT2D eigenvalue weighted by Crippen LogP contribution is 1.99. The number of carboxylic acids is 1. The topological polar surface area (TPSA) is 132 Å². The SMILES string of the molecule is Cc1[nH]c(=O)[nH]c(=O)c1CCC(=O)NCCCC(=O)O. The molecule has 0 saturated heterocycles. The van der Waals surface area contributed by atoms with Crippen LogP contribution in [0.5, 0.6) is 0 Å². The number of H-pyrrole nitrogens is 2. The van der Waals surface area contributed by atoms with Gasteiger partial charge in [-0.15, -0.1) is 0 Å². The third-order valence-electron chi connectivity index (χ3n) is 2.75. The quantitative estimate of drug-likeness (QED) is 0.490. The molecule has 0 spiro atoms. The number of aromatic amines is 2. The van der Waals surface area contributed by atoms with E-state index in [1.807, 2.05) is 0 Å². The summed E-state index contributed by atoms with van der Waals surface area (Å²) in [6, 6.07) is 0. The third kappa shape index (κ3) is 5.09. The van der Waals surface area contributed by atoms with Crippen molar-refractivity contribution in [3.05, 3.63) is 32.1 Å². The first-order chi connectivity index (χ1) is 9.40. The summed E-state index contributed by atoms with van der Waals surface area (Å²) in [6.07, 6.45) is 0.671. The number of nitrogens with one attached hydrogen (secondary N) is 3. The van der Waals surface area contributed by atoms with Gasteiger partial charge in [0, 0.05) is 30.6 Å². The summed E-state index contributed by atoms with van der Waals surface area (Å²) in [4.78, 5) is 48.9. The van der Waals surface area contributed by atoms with Crippen LogP contribution in [0.2, 0.25) is 0 Å². The lowest BCUT2D eigenvalue weighted by Gasteiger charge is -2.05. The normalized spacial score (nSPS) is 10.2. The Kier molecular flexibility index (Phi) is 5.70. The molecule has 0 radical (unpaired) electrons. The fourth-order valence-electron chi connectivity index (χ4n) is 1.72. The Bertz CT molecular complexity index is 602. The number of carbonyl (C=O) groups is 2. The van der Waals surface area contributed by atoms with Gasteiger partial charge in [0.15, 0.2) is 0 Å². The molecule has 0 aromatic carbocycles. The van der Waals surface area contributed by atoms with Crippen molar-refractivity contribution in [1.82, 2.24) is 15.3 Å². The van der Waals surface area contributed by atoms with Crippen molar-refractivity contribution in [2.24, 2.45) is 0 Å². The minimum Gasteiger partial charge on any atom is -0.481 e. The summed E-state index contributed by atoms with van der Waals surface area (Å²) in [7, 11) is 0. The zero-order valence-corrected chi connectivity index (χ0v) is 11.1. The summed E-state index contributed by atoms with van der Waals surface area (Å²) in [5.41, 5.74) is -0.262. The number of rotatable bonds is 7. The van der Waals surface area contributed by atoms with E-state index in [1.165, 1.54) is 0 Å². The molecule has 8 heteroatoms. The minimum absolute atomic E-state index is 0.00101. The molecule has 0 bridgehead atoms. The predicted molar refractivity (Wildman–Crippen MR) is 70.6 cm³/mol. The summed E-state index contributed by atoms with van der Waals surface area (Å²) in [5.74, 6) is -1.17. The second-order valence-corrected chi connectivity index (χ2v) is 4.36. The fraction of sp³-hybridized carbons (Fsp3) is 0.500. The Morgan fingerprint density at radius 2 is 1.90 bits per heavy atom. The lowest BCUT2D eigenvalue weighted by atomic mass is 10.1. The number of aryl methyl sites for hydroxylation is 1. The first-order valence-electron chi connectivity index (χ1n) is 6.20. The summed E-state index contributed by atoms with van der Waals surface area (Å²) in [5, 5.41) is 11.0. The number of carboxylic acid groups (broad SMARTS) is 1. The van der Waals surface area contributed by atoms with Gasteiger partial charge in [-0.2, -0.15) is 0 Å². The molecule has 110 valence electrons. The molecule has 1 heterocycles. The number of hydrogen-bond donors (Lipinski definition) is 4. The van der Waals surface area contributed by atoms with E-state index < -0.39 is 17.2 Å². The maximum atomic E-state index is 11.5. The van der Waals surface area contributed by atoms with Crippen LogP contribution in [0.25, 0.3) is 0 Å². The average molecular weight is 283 g/mol. The van der Waals surface area contributed by atoms with Crippen LogP contribution in [-0.2, 0) is 16.0 Å². The van der Waals surface area contributed by atoms with Crippen LogP contribution >= 0.6 is 0 Å². The van der Waals surface area contributed by atoms with Crippen molar-refractivity contribution in [1.29, 1.82) is 0 Å². The molecular formula is C12H17N3O5. The first kappa shape index (κ1) is 15.7. The van der Waals surface area contributed by atoms with Crippen molar-refractivity contribution in [3.63, 3.8) is 0 Å². The molecular weight excluding hydrogens is 266 g/mol. The van der Waals surface area contributed by atoms with E-state index in [-0.39, 0.29) is 31.7 Å². The Morgan fingerprint density at radius 1 is 1.20 bits per heavy atom. The van der Waals surface area contributed by atoms with Gasteiger partial charge in [0.05, 0.1) is 0 Å². The first-order valence-corrected chi connectivity index (χ1v) is 6.20. The van der Waals surface area contributed by atoms with Crippen LogP contribution in [0, 0.1) is 6.92 Å². The van der Waals surface area contributed by atoms with Crippen LogP contribution in [-0.4, -0.2) is 33.5 Å². The van der Waals surface area contributed by atoms with E-state index in [1.54, 1.807) is 6.92 Å². The lowest BCUT2D eigenvalue weighted by molar-refractivity contribution is -0.137. The Hall–Kier alpha value is -2.38. The smallest absolute Gasteiger partial charge is 0.325 e. The van der Waals surface area contributed by atoms with Gasteiger partial charge >= 0.3 is 11.7 Å². The molecule has 1 amide bonds. The summed E-state index contributed by atoms with van der Waals surface area (Å²) >= 11 is 0. The van der Waals surface area contributed by atoms with Crippen molar-refractivity contribution in [3.8, 4) is 0 Å². The largest absolute Gasteiger partial charge is 0.481 e. The molecule has 0 atom stereocenters. The molecule has 1 aromatic rings. The zero-order valence-electron chi connectivity index (χ0n) is 11.1. The van der Waals surface area contributed by atoms with Crippen molar-refractivity contribution < 1.29 is 14.7 Å². The highest BCUT2D eigenvalue weighted by molar-refractivity contribution is 5.76. The molecule has 0 saturated carbocycles. The summed E-state index contributed by atoms with van der Waals surface area (Å²) < 4.78 is 0. The lowest BCUT2D eigenvalue weighted by Crippen LogP contribution is -2.29. The van der Waals surface area contributed by atoms with Crippen LogP contribution < -0.4 is 16.6 Å². The maximum Gasteiger partial charge on any atom is 0.325 e. The number of amides is 1. The molecule has 4 N–H and O–H groups in total. The summed E-state index contributed by atoms with van der Waals surface area (Å²) in [6.45, 7) is 1.88. The van der Waals surface area contributed by atoms with E-state index in [4.69, 9.17) is 5.11 Å². The van der Waals surface area contributed by atoms with Crippen LogP contribution in [0.15, 0.2) is 9.59 Å². The average Bonchev–Trinajstić information content (AvgIpc) is 2.33. The van der Waals surface area contributed by atoms with E-state index in [2.05, 4.69) is 15.3 Å². The Labute approximate surface area is 114 Å². The molecule has 1 aromatic heterocycles. The molecule has 0 aliphatic rings. The van der Waals surface area contributed by atoms with Crippen molar-refractivity contribution in [2.45, 2.75) is 32.6 Å². The van der Waals surface area contributed by atoms with Gasteiger partial charge in [0.2, 0.25) is 5.91 Å². The number of aromatic nitrogens is 2. The number of carbonyl (C=O) groups excluding carboxylic acids is 1.